The van der Waals surface area contributed by atoms with Crippen LogP contribution in [0.1, 0.15) is 32.5 Å². The Hall–Kier alpha value is -3.27. The lowest BCUT2D eigenvalue weighted by molar-refractivity contribution is -0.389. The standard InChI is InChI=1S/C20H27N7O3/c1-5-24(6-2)11-12-25-17-10-8-7-9-16(17)21-20(25)22-19(28)15(4)26-14(3)13-18(23-26)27(29)30/h7-10,13,15H,5-6,11-12H2,1-4H3,(H,21,22,28). The van der Waals surface area contributed by atoms with Crippen molar-refractivity contribution < 1.29 is 9.72 Å². The highest BCUT2D eigenvalue weighted by molar-refractivity contribution is 5.94. The first-order chi connectivity index (χ1) is 14.3. The van der Waals surface area contributed by atoms with E-state index in [2.05, 4.69) is 34.1 Å². The molecular formula is C20H27N7O3. The van der Waals surface area contributed by atoms with Crippen molar-refractivity contribution in [2.75, 3.05) is 25.0 Å². The van der Waals surface area contributed by atoms with Gasteiger partial charge in [0.2, 0.25) is 5.95 Å². The number of aromatic nitrogens is 4. The normalized spacial score (nSPS) is 12.4. The average molecular weight is 413 g/mol. The third kappa shape index (κ3) is 4.33. The molecule has 1 unspecified atom stereocenters. The molecule has 0 aliphatic carbocycles. The first kappa shape index (κ1) is 21.4. The Kier molecular flexibility index (Phi) is 6.46. The van der Waals surface area contributed by atoms with Crippen molar-refractivity contribution in [2.45, 2.75) is 40.3 Å². The number of nitrogens with one attached hydrogen (secondary N) is 1. The third-order valence-corrected chi connectivity index (χ3v) is 5.27. The van der Waals surface area contributed by atoms with Crippen molar-refractivity contribution in [3.05, 3.63) is 46.1 Å². The molecule has 3 rings (SSSR count). The number of nitro groups is 1. The number of aryl methyl sites for hydroxylation is 1. The number of nitrogens with zero attached hydrogens (tertiary/aromatic N) is 6. The van der Waals surface area contributed by atoms with Gasteiger partial charge in [0.1, 0.15) is 6.04 Å². The van der Waals surface area contributed by atoms with Crippen LogP contribution in [-0.4, -0.2) is 54.7 Å². The van der Waals surface area contributed by atoms with Gasteiger partial charge in [0, 0.05) is 13.1 Å². The number of likely N-dealkylation sites (N-methyl/N-ethyl adjacent to an activating group) is 1. The lowest BCUT2D eigenvalue weighted by Gasteiger charge is -2.19. The zero-order chi connectivity index (χ0) is 21.8. The minimum absolute atomic E-state index is 0.279. The maximum atomic E-state index is 12.9. The van der Waals surface area contributed by atoms with Crippen molar-refractivity contribution in [3.8, 4) is 0 Å². The van der Waals surface area contributed by atoms with Crippen LogP contribution in [0.15, 0.2) is 30.3 Å². The minimum atomic E-state index is -0.727. The van der Waals surface area contributed by atoms with Gasteiger partial charge in [-0.3, -0.25) is 10.1 Å². The Morgan fingerprint density at radius 3 is 2.63 bits per heavy atom. The molecule has 0 aliphatic heterocycles. The number of imidazole rings is 1. The number of amides is 1. The van der Waals surface area contributed by atoms with E-state index in [0.29, 0.717) is 18.2 Å². The summed E-state index contributed by atoms with van der Waals surface area (Å²) in [7, 11) is 0. The molecule has 160 valence electrons. The van der Waals surface area contributed by atoms with Gasteiger partial charge in [-0.1, -0.05) is 26.0 Å². The molecule has 1 amide bonds. The van der Waals surface area contributed by atoms with Gasteiger partial charge in [-0.25, -0.2) is 4.98 Å². The number of hydrogen-bond donors (Lipinski definition) is 1. The van der Waals surface area contributed by atoms with Gasteiger partial charge in [-0.15, -0.1) is 0 Å². The quantitative estimate of drug-likeness (QED) is 0.426. The van der Waals surface area contributed by atoms with Crippen LogP contribution in [0, 0.1) is 17.0 Å². The summed E-state index contributed by atoms with van der Waals surface area (Å²) < 4.78 is 3.35. The molecule has 10 nitrogen and oxygen atoms in total. The number of benzene rings is 1. The molecular weight excluding hydrogens is 386 g/mol. The number of hydrogen-bond acceptors (Lipinski definition) is 6. The second kappa shape index (κ2) is 9.04. The second-order valence-corrected chi connectivity index (χ2v) is 7.11. The Morgan fingerprint density at radius 1 is 1.30 bits per heavy atom. The van der Waals surface area contributed by atoms with Crippen molar-refractivity contribution in [3.63, 3.8) is 0 Å². The highest BCUT2D eigenvalue weighted by Crippen LogP contribution is 2.22. The van der Waals surface area contributed by atoms with Crippen molar-refractivity contribution in [2.24, 2.45) is 0 Å². The van der Waals surface area contributed by atoms with Crippen LogP contribution in [-0.2, 0) is 11.3 Å². The van der Waals surface area contributed by atoms with E-state index in [0.717, 1.165) is 30.7 Å². The predicted molar refractivity (Wildman–Crippen MR) is 114 cm³/mol. The van der Waals surface area contributed by atoms with E-state index in [1.807, 2.05) is 28.8 Å². The van der Waals surface area contributed by atoms with Gasteiger partial charge in [-0.05, 0) is 44.0 Å². The fraction of sp³-hybridized carbons (Fsp3) is 0.450. The highest BCUT2D eigenvalue weighted by Gasteiger charge is 2.26. The average Bonchev–Trinajstić information content (AvgIpc) is 3.28. The summed E-state index contributed by atoms with van der Waals surface area (Å²) in [5.41, 5.74) is 2.28. The summed E-state index contributed by atoms with van der Waals surface area (Å²) in [6.45, 7) is 11.0. The zero-order valence-electron chi connectivity index (χ0n) is 17.7. The molecule has 1 aromatic carbocycles. The summed E-state index contributed by atoms with van der Waals surface area (Å²) in [6, 6.07) is 8.36. The Morgan fingerprint density at radius 2 is 2.00 bits per heavy atom. The second-order valence-electron chi connectivity index (χ2n) is 7.11. The van der Waals surface area contributed by atoms with E-state index in [4.69, 9.17) is 0 Å². The zero-order valence-corrected chi connectivity index (χ0v) is 17.7. The minimum Gasteiger partial charge on any atom is -0.358 e. The van der Waals surface area contributed by atoms with E-state index in [-0.39, 0.29) is 11.7 Å². The molecule has 3 aromatic rings. The van der Waals surface area contributed by atoms with Gasteiger partial charge >= 0.3 is 5.82 Å². The molecule has 10 heteroatoms. The van der Waals surface area contributed by atoms with Crippen LogP contribution < -0.4 is 5.32 Å². The molecule has 0 spiro atoms. The molecule has 0 saturated carbocycles. The lowest BCUT2D eigenvalue weighted by Crippen LogP contribution is -2.29. The summed E-state index contributed by atoms with van der Waals surface area (Å²) in [4.78, 5) is 30.2. The first-order valence-corrected chi connectivity index (χ1v) is 10.0. The van der Waals surface area contributed by atoms with E-state index < -0.39 is 11.0 Å². The van der Waals surface area contributed by atoms with Crippen LogP contribution in [0.3, 0.4) is 0 Å². The van der Waals surface area contributed by atoms with Crippen LogP contribution in [0.4, 0.5) is 11.8 Å². The molecule has 0 fully saturated rings. The summed E-state index contributed by atoms with van der Waals surface area (Å²) in [6.07, 6.45) is 0. The highest BCUT2D eigenvalue weighted by atomic mass is 16.6. The number of fused-ring (bicyclic) bond motifs is 1. The van der Waals surface area contributed by atoms with E-state index in [1.165, 1.54) is 10.7 Å². The monoisotopic (exact) mass is 413 g/mol. The fourth-order valence-corrected chi connectivity index (χ4v) is 3.46. The van der Waals surface area contributed by atoms with Crippen LogP contribution in [0.25, 0.3) is 11.0 Å². The van der Waals surface area contributed by atoms with Crippen molar-refractivity contribution in [1.82, 2.24) is 24.2 Å². The van der Waals surface area contributed by atoms with Gasteiger partial charge in [0.25, 0.3) is 5.91 Å². The van der Waals surface area contributed by atoms with Crippen LogP contribution in [0.2, 0.25) is 0 Å². The number of carbonyl (C=O) groups is 1. The summed E-state index contributed by atoms with van der Waals surface area (Å²) >= 11 is 0. The number of para-hydroxylation sites is 2. The van der Waals surface area contributed by atoms with Crippen LogP contribution >= 0.6 is 0 Å². The van der Waals surface area contributed by atoms with Gasteiger partial charge < -0.3 is 19.6 Å². The van der Waals surface area contributed by atoms with E-state index in [9.17, 15) is 14.9 Å². The predicted octanol–water partition coefficient (Wildman–Crippen LogP) is 2.99. The summed E-state index contributed by atoms with van der Waals surface area (Å²) in [5, 5.41) is 17.8. The Bertz CT molecular complexity index is 1050. The molecule has 30 heavy (non-hydrogen) atoms. The molecule has 0 bridgehead atoms. The molecule has 0 aliphatic rings. The molecule has 0 radical (unpaired) electrons. The molecule has 2 heterocycles. The Labute approximate surface area is 174 Å². The molecule has 1 N–H and O–H groups in total. The lowest BCUT2D eigenvalue weighted by atomic mass is 10.3. The van der Waals surface area contributed by atoms with Gasteiger partial charge in [0.15, 0.2) is 0 Å². The smallest absolute Gasteiger partial charge is 0.358 e. The number of carbonyl (C=O) groups excluding carboxylic acids is 1. The first-order valence-electron chi connectivity index (χ1n) is 10.0. The SMILES string of the molecule is CCN(CC)CCn1c(NC(=O)C(C)n2nc([N+](=O)[O-])cc2C)nc2ccccc21. The van der Waals surface area contributed by atoms with E-state index in [1.54, 1.807) is 13.8 Å². The van der Waals surface area contributed by atoms with Crippen molar-refractivity contribution >= 4 is 28.7 Å². The maximum Gasteiger partial charge on any atom is 0.390 e. The number of rotatable bonds is 9. The van der Waals surface area contributed by atoms with Gasteiger partial charge in [0.05, 0.1) is 27.9 Å². The molecule has 2 aromatic heterocycles. The third-order valence-electron chi connectivity index (χ3n) is 5.27. The summed E-state index contributed by atoms with van der Waals surface area (Å²) in [5.74, 6) is -0.159. The molecule has 1 atom stereocenters. The number of anilines is 1. The maximum absolute atomic E-state index is 12.9. The van der Waals surface area contributed by atoms with Crippen molar-refractivity contribution in [1.29, 1.82) is 0 Å². The fourth-order valence-electron chi connectivity index (χ4n) is 3.46. The topological polar surface area (TPSA) is 111 Å². The van der Waals surface area contributed by atoms with Gasteiger partial charge in [-0.2, -0.15) is 4.68 Å². The molecule has 0 saturated heterocycles. The Balaban J connectivity index is 1.86. The van der Waals surface area contributed by atoms with Crippen LogP contribution in [0.5, 0.6) is 0 Å². The largest absolute Gasteiger partial charge is 0.390 e. The van der Waals surface area contributed by atoms with E-state index >= 15 is 0 Å².